The number of carbonyl (C=O) groups is 3. The molecule has 0 aliphatic rings. The van der Waals surface area contributed by atoms with Gasteiger partial charge in [0.2, 0.25) is 17.7 Å². The Labute approximate surface area is 203 Å². The summed E-state index contributed by atoms with van der Waals surface area (Å²) in [6.07, 6.45) is 0.646. The summed E-state index contributed by atoms with van der Waals surface area (Å²) in [5.74, 6) is -4.21. The SMILES string of the molecule is CC(C(=O)NCC(=O)N(C)c1ccccc1Cc1ccccc1)C(=O)NCc1cc(F)cc(F)c1. The smallest absolute Gasteiger partial charge is 0.246 e. The fourth-order valence-corrected chi connectivity index (χ4v) is 3.55. The van der Waals surface area contributed by atoms with Crippen LogP contribution in [-0.4, -0.2) is 31.3 Å². The third kappa shape index (κ3) is 7.20. The molecule has 6 nitrogen and oxygen atoms in total. The van der Waals surface area contributed by atoms with Gasteiger partial charge in [-0.3, -0.25) is 14.4 Å². The first kappa shape index (κ1) is 25.6. The molecule has 3 aromatic rings. The Morgan fingerprint density at radius 2 is 1.43 bits per heavy atom. The van der Waals surface area contributed by atoms with E-state index in [-0.39, 0.29) is 24.6 Å². The molecule has 0 spiro atoms. The number of likely N-dealkylation sites (N-methyl/N-ethyl adjacent to an activating group) is 1. The molecule has 0 saturated heterocycles. The number of nitrogens with one attached hydrogen (secondary N) is 2. The Morgan fingerprint density at radius 1 is 0.829 bits per heavy atom. The van der Waals surface area contributed by atoms with Crippen LogP contribution in [0.1, 0.15) is 23.6 Å². The van der Waals surface area contributed by atoms with Gasteiger partial charge < -0.3 is 15.5 Å². The molecule has 2 N–H and O–H groups in total. The van der Waals surface area contributed by atoms with E-state index in [1.54, 1.807) is 7.05 Å². The zero-order valence-electron chi connectivity index (χ0n) is 19.6. The van der Waals surface area contributed by atoms with Crippen molar-refractivity contribution in [2.45, 2.75) is 19.9 Å². The molecule has 0 fully saturated rings. The number of carbonyl (C=O) groups excluding carboxylic acids is 3. The number of nitrogens with zero attached hydrogens (tertiary/aromatic N) is 1. The van der Waals surface area contributed by atoms with Crippen molar-refractivity contribution in [2.75, 3.05) is 18.5 Å². The highest BCUT2D eigenvalue weighted by molar-refractivity contribution is 6.02. The van der Waals surface area contributed by atoms with Crippen LogP contribution >= 0.6 is 0 Å². The number of anilines is 1. The molecular weight excluding hydrogens is 452 g/mol. The summed E-state index contributed by atoms with van der Waals surface area (Å²) in [7, 11) is 1.63. The average Bonchev–Trinajstić information content (AvgIpc) is 2.85. The minimum atomic E-state index is -1.10. The summed E-state index contributed by atoms with van der Waals surface area (Å²) in [5.41, 5.74) is 3.02. The van der Waals surface area contributed by atoms with Crippen molar-refractivity contribution >= 4 is 23.4 Å². The number of hydrogen-bond acceptors (Lipinski definition) is 3. The summed E-state index contributed by atoms with van der Waals surface area (Å²) >= 11 is 0. The van der Waals surface area contributed by atoms with Gasteiger partial charge in [0.1, 0.15) is 17.6 Å². The first-order valence-corrected chi connectivity index (χ1v) is 11.1. The number of amides is 3. The van der Waals surface area contributed by atoms with Gasteiger partial charge in [-0.25, -0.2) is 8.78 Å². The van der Waals surface area contributed by atoms with Crippen molar-refractivity contribution in [3.8, 4) is 0 Å². The molecular formula is C27H27F2N3O3. The van der Waals surface area contributed by atoms with Gasteiger partial charge in [0.15, 0.2) is 0 Å². The van der Waals surface area contributed by atoms with E-state index >= 15 is 0 Å². The van der Waals surface area contributed by atoms with Gasteiger partial charge in [0.05, 0.1) is 6.54 Å². The summed E-state index contributed by atoms with van der Waals surface area (Å²) in [5, 5.41) is 4.96. The molecule has 0 bridgehead atoms. The lowest BCUT2D eigenvalue weighted by atomic mass is 10.0. The zero-order chi connectivity index (χ0) is 25.4. The number of para-hydroxylation sites is 1. The second-order valence-electron chi connectivity index (χ2n) is 8.18. The highest BCUT2D eigenvalue weighted by Gasteiger charge is 2.23. The van der Waals surface area contributed by atoms with E-state index in [2.05, 4.69) is 10.6 Å². The fourth-order valence-electron chi connectivity index (χ4n) is 3.55. The zero-order valence-corrected chi connectivity index (χ0v) is 19.6. The molecule has 3 rings (SSSR count). The maximum Gasteiger partial charge on any atom is 0.246 e. The van der Waals surface area contributed by atoms with Gasteiger partial charge in [-0.15, -0.1) is 0 Å². The standard InChI is InChI=1S/C27H27F2N3O3/c1-18(26(34)30-16-20-13-22(28)15-23(29)14-20)27(35)31-17-25(33)32(2)24-11-7-6-10-21(24)12-19-8-4-3-5-9-19/h3-11,13-15,18H,12,16-17H2,1-2H3,(H,30,34)(H,31,35). The van der Waals surface area contributed by atoms with Crippen molar-refractivity contribution in [1.82, 2.24) is 10.6 Å². The van der Waals surface area contributed by atoms with Gasteiger partial charge in [0.25, 0.3) is 0 Å². The summed E-state index contributed by atoms with van der Waals surface area (Å²) in [4.78, 5) is 38.9. The quantitative estimate of drug-likeness (QED) is 0.461. The van der Waals surface area contributed by atoms with Gasteiger partial charge in [-0.05, 0) is 48.2 Å². The van der Waals surface area contributed by atoms with E-state index in [4.69, 9.17) is 0 Å². The van der Waals surface area contributed by atoms with Crippen molar-refractivity contribution in [2.24, 2.45) is 5.92 Å². The maximum absolute atomic E-state index is 13.3. The molecule has 0 aliphatic carbocycles. The largest absolute Gasteiger partial charge is 0.351 e. The monoisotopic (exact) mass is 479 g/mol. The van der Waals surface area contributed by atoms with Crippen LogP contribution in [-0.2, 0) is 27.3 Å². The van der Waals surface area contributed by atoms with Crippen LogP contribution in [0, 0.1) is 17.6 Å². The lowest BCUT2D eigenvalue weighted by Crippen LogP contribution is -2.44. The van der Waals surface area contributed by atoms with Gasteiger partial charge >= 0.3 is 0 Å². The number of hydrogen-bond donors (Lipinski definition) is 2. The summed E-state index contributed by atoms with van der Waals surface area (Å²) in [6, 6.07) is 20.3. The van der Waals surface area contributed by atoms with Gasteiger partial charge in [-0.2, -0.15) is 0 Å². The highest BCUT2D eigenvalue weighted by atomic mass is 19.1. The molecule has 0 aliphatic heterocycles. The molecule has 8 heteroatoms. The topological polar surface area (TPSA) is 78.5 Å². The summed E-state index contributed by atoms with van der Waals surface area (Å²) < 4.78 is 26.6. The molecule has 1 unspecified atom stereocenters. The third-order valence-corrected chi connectivity index (χ3v) is 5.55. The minimum absolute atomic E-state index is 0.134. The number of benzene rings is 3. The second kappa shape index (κ2) is 11.9. The molecule has 182 valence electrons. The van der Waals surface area contributed by atoms with Crippen LogP contribution in [0.3, 0.4) is 0 Å². The lowest BCUT2D eigenvalue weighted by molar-refractivity contribution is -0.135. The molecule has 3 amide bonds. The van der Waals surface area contributed by atoms with Gasteiger partial charge in [0, 0.05) is 25.3 Å². The minimum Gasteiger partial charge on any atom is -0.351 e. The van der Waals surface area contributed by atoms with Crippen LogP contribution in [0.5, 0.6) is 0 Å². The Bertz CT molecular complexity index is 1180. The van der Waals surface area contributed by atoms with Gasteiger partial charge in [-0.1, -0.05) is 48.5 Å². The van der Waals surface area contributed by atoms with E-state index < -0.39 is 29.4 Å². The van der Waals surface area contributed by atoms with Crippen LogP contribution in [0.15, 0.2) is 72.8 Å². The van der Waals surface area contributed by atoms with Crippen LogP contribution in [0.25, 0.3) is 0 Å². The fraction of sp³-hybridized carbons (Fsp3) is 0.222. The maximum atomic E-state index is 13.3. The van der Waals surface area contributed by atoms with E-state index in [0.717, 1.165) is 35.0 Å². The second-order valence-corrected chi connectivity index (χ2v) is 8.18. The molecule has 0 heterocycles. The number of rotatable bonds is 9. The molecule has 1 atom stereocenters. The Morgan fingerprint density at radius 3 is 2.11 bits per heavy atom. The lowest BCUT2D eigenvalue weighted by Gasteiger charge is -2.21. The first-order valence-electron chi connectivity index (χ1n) is 11.1. The Hall–Kier alpha value is -4.07. The number of halogens is 2. The molecule has 0 radical (unpaired) electrons. The molecule has 0 saturated carbocycles. The van der Waals surface area contributed by atoms with E-state index in [9.17, 15) is 23.2 Å². The Kier molecular flexibility index (Phi) is 8.67. The predicted octanol–water partition coefficient (Wildman–Crippen LogP) is 3.59. The van der Waals surface area contributed by atoms with E-state index in [1.807, 2.05) is 54.6 Å². The molecule has 35 heavy (non-hydrogen) atoms. The van der Waals surface area contributed by atoms with Crippen molar-refractivity contribution < 1.29 is 23.2 Å². The van der Waals surface area contributed by atoms with Crippen LogP contribution in [0.4, 0.5) is 14.5 Å². The van der Waals surface area contributed by atoms with E-state index in [1.165, 1.54) is 11.8 Å². The molecule has 0 aromatic heterocycles. The average molecular weight is 480 g/mol. The first-order chi connectivity index (χ1) is 16.7. The van der Waals surface area contributed by atoms with Crippen LogP contribution in [0.2, 0.25) is 0 Å². The summed E-state index contributed by atoms with van der Waals surface area (Å²) in [6.45, 7) is 0.965. The van der Waals surface area contributed by atoms with Crippen molar-refractivity contribution in [3.63, 3.8) is 0 Å². The third-order valence-electron chi connectivity index (χ3n) is 5.55. The highest BCUT2D eigenvalue weighted by Crippen LogP contribution is 2.22. The van der Waals surface area contributed by atoms with E-state index in [0.29, 0.717) is 6.42 Å². The van der Waals surface area contributed by atoms with Crippen LogP contribution < -0.4 is 15.5 Å². The molecule has 3 aromatic carbocycles. The predicted molar refractivity (Wildman–Crippen MR) is 129 cm³/mol. The van der Waals surface area contributed by atoms with Crippen molar-refractivity contribution in [1.29, 1.82) is 0 Å². The normalized spacial score (nSPS) is 11.4. The van der Waals surface area contributed by atoms with Crippen molar-refractivity contribution in [3.05, 3.63) is 101 Å². The Balaban J connectivity index is 1.54.